The summed E-state index contributed by atoms with van der Waals surface area (Å²) in [6.45, 7) is 2.64. The summed E-state index contributed by atoms with van der Waals surface area (Å²) < 4.78 is 47.5. The molecule has 0 aliphatic carbocycles. The molecule has 2 heterocycles. The van der Waals surface area contributed by atoms with Crippen molar-refractivity contribution in [1.82, 2.24) is 9.21 Å². The minimum absolute atomic E-state index is 0.0752. The second kappa shape index (κ2) is 8.61. The summed E-state index contributed by atoms with van der Waals surface area (Å²) in [6, 6.07) is 12.2. The van der Waals surface area contributed by atoms with E-state index in [4.69, 9.17) is 4.74 Å². The fourth-order valence-electron chi connectivity index (χ4n) is 4.11. The lowest BCUT2D eigenvalue weighted by Crippen LogP contribution is -2.56. The molecular formula is C22H24FN3O5S. The third-order valence-electron chi connectivity index (χ3n) is 5.88. The van der Waals surface area contributed by atoms with E-state index >= 15 is 0 Å². The molecule has 2 aliphatic rings. The largest absolute Gasteiger partial charge is 0.358 e. The van der Waals surface area contributed by atoms with Gasteiger partial charge in [-0.15, -0.1) is 0 Å². The van der Waals surface area contributed by atoms with Crippen LogP contribution in [0, 0.1) is 12.7 Å². The van der Waals surface area contributed by atoms with Gasteiger partial charge in [0.25, 0.3) is 0 Å². The van der Waals surface area contributed by atoms with Gasteiger partial charge in [0.05, 0.1) is 17.2 Å². The Labute approximate surface area is 186 Å². The van der Waals surface area contributed by atoms with Gasteiger partial charge in [-0.2, -0.15) is 4.31 Å². The molecule has 10 heteroatoms. The molecule has 2 fully saturated rings. The highest BCUT2D eigenvalue weighted by atomic mass is 32.2. The second-order valence-electron chi connectivity index (χ2n) is 7.91. The molecule has 2 saturated heterocycles. The van der Waals surface area contributed by atoms with Crippen molar-refractivity contribution in [3.63, 3.8) is 0 Å². The van der Waals surface area contributed by atoms with E-state index in [0.29, 0.717) is 0 Å². The fourth-order valence-corrected chi connectivity index (χ4v) is 5.83. The summed E-state index contributed by atoms with van der Waals surface area (Å²) in [6.07, 6.45) is 0.466. The van der Waals surface area contributed by atoms with Crippen LogP contribution >= 0.6 is 0 Å². The number of carbonyl (C=O) groups excluding carboxylic acids is 2. The molecule has 4 rings (SSSR count). The van der Waals surface area contributed by atoms with Crippen molar-refractivity contribution in [2.24, 2.45) is 0 Å². The number of likely N-dealkylation sites (tertiary alicyclic amines) is 1. The number of para-hydroxylation sites is 1. The number of benzene rings is 2. The molecular weight excluding hydrogens is 437 g/mol. The minimum Gasteiger partial charge on any atom is -0.358 e. The first kappa shape index (κ1) is 22.4. The normalized spacial score (nSPS) is 18.6. The van der Waals surface area contributed by atoms with Crippen molar-refractivity contribution in [3.8, 4) is 0 Å². The number of ether oxygens (including phenoxy) is 1. The Morgan fingerprint density at radius 2 is 1.69 bits per heavy atom. The number of hydrogen-bond donors (Lipinski definition) is 1. The van der Waals surface area contributed by atoms with E-state index in [2.05, 4.69) is 5.32 Å². The average Bonchev–Trinajstić information content (AvgIpc) is 3.19. The number of halogens is 1. The van der Waals surface area contributed by atoms with Gasteiger partial charge in [0, 0.05) is 32.5 Å². The number of nitrogens with zero attached hydrogens (tertiary/aromatic N) is 2. The van der Waals surface area contributed by atoms with Crippen LogP contribution in [0.25, 0.3) is 0 Å². The van der Waals surface area contributed by atoms with Gasteiger partial charge in [-0.1, -0.05) is 29.8 Å². The molecule has 0 atom stereocenters. The molecule has 2 amide bonds. The van der Waals surface area contributed by atoms with Gasteiger partial charge in [0.2, 0.25) is 10.0 Å². The highest BCUT2D eigenvalue weighted by molar-refractivity contribution is 7.89. The fraction of sp³-hybridized carbons (Fsp3) is 0.364. The van der Waals surface area contributed by atoms with Crippen molar-refractivity contribution in [2.75, 3.05) is 31.6 Å². The molecule has 2 aliphatic heterocycles. The van der Waals surface area contributed by atoms with E-state index < -0.39 is 33.4 Å². The Hall–Kier alpha value is -2.82. The third-order valence-corrected chi connectivity index (χ3v) is 7.84. The molecule has 32 heavy (non-hydrogen) atoms. The number of hydrogen-bond acceptors (Lipinski definition) is 5. The van der Waals surface area contributed by atoms with Gasteiger partial charge in [0.1, 0.15) is 11.5 Å². The van der Waals surface area contributed by atoms with Crippen molar-refractivity contribution < 1.29 is 27.1 Å². The average molecular weight is 462 g/mol. The summed E-state index contributed by atoms with van der Waals surface area (Å²) in [7, 11) is -3.78. The van der Waals surface area contributed by atoms with Crippen LogP contribution in [0.4, 0.5) is 10.1 Å². The second-order valence-corrected chi connectivity index (χ2v) is 9.77. The van der Waals surface area contributed by atoms with Gasteiger partial charge in [-0.25, -0.2) is 12.8 Å². The summed E-state index contributed by atoms with van der Waals surface area (Å²) in [5, 5.41) is 2.28. The third kappa shape index (κ3) is 4.13. The van der Waals surface area contributed by atoms with Crippen molar-refractivity contribution in [3.05, 3.63) is 59.9 Å². The zero-order valence-corrected chi connectivity index (χ0v) is 18.4. The summed E-state index contributed by atoms with van der Waals surface area (Å²) in [4.78, 5) is 26.4. The minimum atomic E-state index is -3.78. The highest BCUT2D eigenvalue weighted by Crippen LogP contribution is 2.38. The van der Waals surface area contributed by atoms with Crippen LogP contribution in [0.3, 0.4) is 0 Å². The number of anilines is 1. The molecule has 1 N–H and O–H groups in total. The first-order valence-electron chi connectivity index (χ1n) is 10.3. The molecule has 1 spiro atoms. The lowest BCUT2D eigenvalue weighted by Gasteiger charge is -2.42. The zero-order chi connectivity index (χ0) is 22.9. The lowest BCUT2D eigenvalue weighted by atomic mass is 10.0. The maximum atomic E-state index is 13.8. The Bertz CT molecular complexity index is 1130. The van der Waals surface area contributed by atoms with Gasteiger partial charge < -0.3 is 15.0 Å². The molecule has 0 radical (unpaired) electrons. The molecule has 2 aromatic carbocycles. The number of piperidine rings is 1. The Morgan fingerprint density at radius 3 is 2.34 bits per heavy atom. The van der Waals surface area contributed by atoms with Crippen LogP contribution in [0.15, 0.2) is 53.4 Å². The van der Waals surface area contributed by atoms with Gasteiger partial charge in [-0.05, 0) is 31.2 Å². The van der Waals surface area contributed by atoms with Crippen molar-refractivity contribution >= 4 is 27.5 Å². The smallest absolute Gasteiger partial charge is 0.313 e. The highest BCUT2D eigenvalue weighted by Gasteiger charge is 2.51. The number of amides is 2. The van der Waals surface area contributed by atoms with Gasteiger partial charge >= 0.3 is 11.8 Å². The Morgan fingerprint density at radius 1 is 1.03 bits per heavy atom. The van der Waals surface area contributed by atoms with Crippen LogP contribution in [-0.2, 0) is 24.3 Å². The van der Waals surface area contributed by atoms with Crippen LogP contribution in [0.2, 0.25) is 0 Å². The first-order chi connectivity index (χ1) is 15.2. The van der Waals surface area contributed by atoms with Crippen LogP contribution in [0.5, 0.6) is 0 Å². The predicted octanol–water partition coefficient (Wildman–Crippen LogP) is 2.11. The van der Waals surface area contributed by atoms with Crippen molar-refractivity contribution in [1.29, 1.82) is 0 Å². The lowest BCUT2D eigenvalue weighted by molar-refractivity contribution is -0.148. The van der Waals surface area contributed by atoms with Gasteiger partial charge in [0.15, 0.2) is 0 Å². The molecule has 8 nitrogen and oxygen atoms in total. The topological polar surface area (TPSA) is 96.0 Å². The monoisotopic (exact) mass is 461 g/mol. The van der Waals surface area contributed by atoms with Gasteiger partial charge in [-0.3, -0.25) is 9.59 Å². The molecule has 170 valence electrons. The van der Waals surface area contributed by atoms with E-state index in [1.54, 1.807) is 30.3 Å². The Balaban J connectivity index is 1.44. The first-order valence-corrected chi connectivity index (χ1v) is 11.8. The molecule has 0 unspecified atom stereocenters. The van der Waals surface area contributed by atoms with E-state index in [1.165, 1.54) is 27.4 Å². The van der Waals surface area contributed by atoms with E-state index in [-0.39, 0.29) is 49.7 Å². The van der Waals surface area contributed by atoms with Crippen LogP contribution < -0.4 is 5.32 Å². The van der Waals surface area contributed by atoms with E-state index in [1.807, 2.05) is 6.92 Å². The predicted molar refractivity (Wildman–Crippen MR) is 115 cm³/mol. The van der Waals surface area contributed by atoms with Crippen molar-refractivity contribution in [2.45, 2.75) is 30.4 Å². The van der Waals surface area contributed by atoms with E-state index in [9.17, 15) is 22.4 Å². The SMILES string of the molecule is Cc1ccc(S(=O)(=O)N2CCOC23CCN(C(=O)C(=O)Nc2ccccc2F)CC3)cc1. The number of nitrogens with one attached hydrogen (secondary N) is 1. The zero-order valence-electron chi connectivity index (χ0n) is 17.6. The van der Waals surface area contributed by atoms with E-state index in [0.717, 1.165) is 5.56 Å². The maximum absolute atomic E-state index is 13.8. The van der Waals surface area contributed by atoms with Crippen LogP contribution in [0.1, 0.15) is 18.4 Å². The quantitative estimate of drug-likeness (QED) is 0.707. The molecule has 2 aromatic rings. The van der Waals surface area contributed by atoms with Crippen LogP contribution in [-0.4, -0.2) is 61.4 Å². The molecule has 0 aromatic heterocycles. The number of rotatable bonds is 3. The summed E-state index contributed by atoms with van der Waals surface area (Å²) >= 11 is 0. The molecule has 0 saturated carbocycles. The molecule has 0 bridgehead atoms. The number of carbonyl (C=O) groups is 2. The maximum Gasteiger partial charge on any atom is 0.313 e. The number of aryl methyl sites for hydroxylation is 1. The Kier molecular flexibility index (Phi) is 6.02. The standard InChI is InChI=1S/C22H24FN3O5S/c1-16-6-8-17(9-7-16)32(29,30)26-14-15-31-22(26)10-12-25(13-11-22)21(28)20(27)24-19-5-3-2-4-18(19)23/h2-9H,10-15H2,1H3,(H,24,27). The summed E-state index contributed by atoms with van der Waals surface area (Å²) in [5.41, 5.74) is -0.173. The summed E-state index contributed by atoms with van der Waals surface area (Å²) in [5.74, 6) is -2.38. The number of sulfonamides is 1.